The molecule has 4 N–H and O–H groups in total. The maximum absolute atomic E-state index is 12.2. The predicted octanol–water partition coefficient (Wildman–Crippen LogP) is 3.78. The van der Waals surface area contributed by atoms with Gasteiger partial charge in [-0.05, 0) is 60.7 Å². The summed E-state index contributed by atoms with van der Waals surface area (Å²) in [6, 6.07) is 23.5. The van der Waals surface area contributed by atoms with E-state index in [4.69, 9.17) is 5.73 Å². The summed E-state index contributed by atoms with van der Waals surface area (Å²) in [6.07, 6.45) is 0. The molecule has 0 unspecified atom stereocenters. The first-order chi connectivity index (χ1) is 12.1. The van der Waals surface area contributed by atoms with Crippen molar-refractivity contribution in [2.45, 2.75) is 0 Å². The number of anilines is 3. The van der Waals surface area contributed by atoms with E-state index < -0.39 is 5.91 Å². The van der Waals surface area contributed by atoms with Crippen molar-refractivity contribution in [3.8, 4) is 0 Å². The van der Waals surface area contributed by atoms with Crippen LogP contribution in [-0.2, 0) is 0 Å². The third kappa shape index (κ3) is 4.23. The summed E-state index contributed by atoms with van der Waals surface area (Å²) in [5.41, 5.74) is 8.61. The number of para-hydroxylation sites is 1. The number of carbonyl (C=O) groups is 2. The second kappa shape index (κ2) is 7.31. The highest BCUT2D eigenvalue weighted by Crippen LogP contribution is 2.19. The first kappa shape index (κ1) is 16.3. The third-order valence-corrected chi connectivity index (χ3v) is 3.64. The van der Waals surface area contributed by atoms with Gasteiger partial charge in [0.2, 0.25) is 5.91 Å². The van der Waals surface area contributed by atoms with Crippen molar-refractivity contribution in [3.63, 3.8) is 0 Å². The minimum absolute atomic E-state index is 0.250. The summed E-state index contributed by atoms with van der Waals surface area (Å²) in [6.45, 7) is 0. The van der Waals surface area contributed by atoms with Crippen molar-refractivity contribution >= 4 is 28.9 Å². The van der Waals surface area contributed by atoms with Crippen LogP contribution in [0.1, 0.15) is 20.7 Å². The van der Waals surface area contributed by atoms with E-state index in [2.05, 4.69) is 10.6 Å². The van der Waals surface area contributed by atoms with Gasteiger partial charge in [0.15, 0.2) is 0 Å². The molecule has 0 aliphatic rings. The van der Waals surface area contributed by atoms with E-state index in [1.807, 2.05) is 54.6 Å². The van der Waals surface area contributed by atoms with Crippen molar-refractivity contribution < 1.29 is 9.59 Å². The Morgan fingerprint density at radius 2 is 1.16 bits per heavy atom. The Hall–Kier alpha value is -3.60. The molecule has 5 nitrogen and oxygen atoms in total. The van der Waals surface area contributed by atoms with Crippen molar-refractivity contribution in [2.24, 2.45) is 5.73 Å². The van der Waals surface area contributed by atoms with Gasteiger partial charge in [0.1, 0.15) is 0 Å². The van der Waals surface area contributed by atoms with E-state index >= 15 is 0 Å². The van der Waals surface area contributed by atoms with Crippen LogP contribution in [0.25, 0.3) is 0 Å². The van der Waals surface area contributed by atoms with E-state index in [1.165, 1.54) is 12.1 Å². The Balaban J connectivity index is 1.64. The van der Waals surface area contributed by atoms with Gasteiger partial charge in [0.25, 0.3) is 5.91 Å². The first-order valence-electron chi connectivity index (χ1n) is 7.75. The van der Waals surface area contributed by atoms with Crippen LogP contribution in [-0.4, -0.2) is 11.8 Å². The van der Waals surface area contributed by atoms with Crippen molar-refractivity contribution in [3.05, 3.63) is 90.0 Å². The molecule has 0 saturated carbocycles. The molecule has 2 amide bonds. The van der Waals surface area contributed by atoms with E-state index in [0.29, 0.717) is 16.8 Å². The number of nitrogens with one attached hydrogen (secondary N) is 2. The molecule has 0 spiro atoms. The molecule has 0 aromatic heterocycles. The Bertz CT molecular complexity index is 873. The largest absolute Gasteiger partial charge is 0.366 e. The molecule has 3 rings (SSSR count). The van der Waals surface area contributed by atoms with Gasteiger partial charge in [0, 0.05) is 28.2 Å². The number of benzene rings is 3. The van der Waals surface area contributed by atoms with E-state index in [0.717, 1.165) is 11.4 Å². The van der Waals surface area contributed by atoms with Gasteiger partial charge < -0.3 is 16.4 Å². The average molecular weight is 331 g/mol. The van der Waals surface area contributed by atoms with Gasteiger partial charge in [-0.25, -0.2) is 0 Å². The third-order valence-electron chi connectivity index (χ3n) is 3.64. The van der Waals surface area contributed by atoms with Gasteiger partial charge in [-0.15, -0.1) is 0 Å². The SMILES string of the molecule is NC(=O)c1ccc(C(=O)Nc2ccc(Nc3ccccc3)cc2)cc1. The fourth-order valence-electron chi connectivity index (χ4n) is 2.31. The second-order valence-electron chi connectivity index (χ2n) is 5.46. The standard InChI is InChI=1S/C20H17N3O2/c21-19(24)14-6-8-15(9-7-14)20(25)23-18-12-10-17(11-13-18)22-16-4-2-1-3-5-16/h1-13,22H,(H2,21,24)(H,23,25). The van der Waals surface area contributed by atoms with Gasteiger partial charge in [-0.1, -0.05) is 18.2 Å². The van der Waals surface area contributed by atoms with E-state index in [1.54, 1.807) is 12.1 Å². The number of rotatable bonds is 5. The number of amides is 2. The zero-order chi connectivity index (χ0) is 17.6. The molecule has 0 bridgehead atoms. The van der Waals surface area contributed by atoms with Crippen LogP contribution in [0.15, 0.2) is 78.9 Å². The number of hydrogen-bond acceptors (Lipinski definition) is 3. The Kier molecular flexibility index (Phi) is 4.76. The van der Waals surface area contributed by atoms with E-state index in [9.17, 15) is 9.59 Å². The van der Waals surface area contributed by atoms with Gasteiger partial charge in [0.05, 0.1) is 0 Å². The molecule has 3 aromatic rings. The lowest BCUT2D eigenvalue weighted by atomic mass is 10.1. The highest BCUT2D eigenvalue weighted by Gasteiger charge is 2.07. The van der Waals surface area contributed by atoms with Crippen LogP contribution in [0.4, 0.5) is 17.1 Å². The molecule has 0 saturated heterocycles. The van der Waals surface area contributed by atoms with Crippen LogP contribution < -0.4 is 16.4 Å². The lowest BCUT2D eigenvalue weighted by molar-refractivity contribution is 0.0995. The smallest absolute Gasteiger partial charge is 0.255 e. The summed E-state index contributed by atoms with van der Waals surface area (Å²) in [5.74, 6) is -0.770. The monoisotopic (exact) mass is 331 g/mol. The van der Waals surface area contributed by atoms with Crippen molar-refractivity contribution in [2.75, 3.05) is 10.6 Å². The molecule has 0 fully saturated rings. The van der Waals surface area contributed by atoms with E-state index in [-0.39, 0.29) is 5.91 Å². The summed E-state index contributed by atoms with van der Waals surface area (Å²) < 4.78 is 0. The van der Waals surface area contributed by atoms with Crippen LogP contribution in [0, 0.1) is 0 Å². The Morgan fingerprint density at radius 3 is 1.76 bits per heavy atom. The highest BCUT2D eigenvalue weighted by atomic mass is 16.2. The zero-order valence-electron chi connectivity index (χ0n) is 13.4. The topological polar surface area (TPSA) is 84.2 Å². The normalized spacial score (nSPS) is 10.1. The second-order valence-corrected chi connectivity index (χ2v) is 5.46. The minimum atomic E-state index is -0.520. The summed E-state index contributed by atoms with van der Waals surface area (Å²) in [5, 5.41) is 6.09. The van der Waals surface area contributed by atoms with Crippen LogP contribution in [0.5, 0.6) is 0 Å². The molecule has 0 atom stereocenters. The molecule has 0 radical (unpaired) electrons. The number of carbonyl (C=O) groups excluding carboxylic acids is 2. The molecule has 5 heteroatoms. The summed E-state index contributed by atoms with van der Waals surface area (Å²) >= 11 is 0. The van der Waals surface area contributed by atoms with Crippen LogP contribution >= 0.6 is 0 Å². The number of hydrogen-bond donors (Lipinski definition) is 3. The number of primary amides is 1. The molecule has 124 valence electrons. The first-order valence-corrected chi connectivity index (χ1v) is 7.75. The molecule has 0 aliphatic heterocycles. The maximum atomic E-state index is 12.2. The van der Waals surface area contributed by atoms with Crippen molar-refractivity contribution in [1.82, 2.24) is 0 Å². The maximum Gasteiger partial charge on any atom is 0.255 e. The highest BCUT2D eigenvalue weighted by molar-refractivity contribution is 6.05. The fourth-order valence-corrected chi connectivity index (χ4v) is 2.31. The number of nitrogens with two attached hydrogens (primary N) is 1. The molecule has 3 aromatic carbocycles. The summed E-state index contributed by atoms with van der Waals surface area (Å²) in [4.78, 5) is 23.3. The molecular weight excluding hydrogens is 314 g/mol. The fraction of sp³-hybridized carbons (Fsp3) is 0. The lowest BCUT2D eigenvalue weighted by Crippen LogP contribution is -2.14. The van der Waals surface area contributed by atoms with Gasteiger partial charge in [-0.2, -0.15) is 0 Å². The molecular formula is C20H17N3O2. The Labute approximate surface area is 145 Å². The van der Waals surface area contributed by atoms with Gasteiger partial charge >= 0.3 is 0 Å². The summed E-state index contributed by atoms with van der Waals surface area (Å²) in [7, 11) is 0. The molecule has 25 heavy (non-hydrogen) atoms. The zero-order valence-corrected chi connectivity index (χ0v) is 13.4. The quantitative estimate of drug-likeness (QED) is 0.665. The van der Waals surface area contributed by atoms with Crippen LogP contribution in [0.2, 0.25) is 0 Å². The minimum Gasteiger partial charge on any atom is -0.366 e. The van der Waals surface area contributed by atoms with Gasteiger partial charge in [-0.3, -0.25) is 9.59 Å². The lowest BCUT2D eigenvalue weighted by Gasteiger charge is -2.09. The Morgan fingerprint density at radius 1 is 0.640 bits per heavy atom. The van der Waals surface area contributed by atoms with Crippen LogP contribution in [0.3, 0.4) is 0 Å². The molecule has 0 heterocycles. The predicted molar refractivity (Wildman–Crippen MR) is 99.1 cm³/mol. The molecule has 0 aliphatic carbocycles. The van der Waals surface area contributed by atoms with Crippen molar-refractivity contribution in [1.29, 1.82) is 0 Å². The average Bonchev–Trinajstić information content (AvgIpc) is 2.64.